The molecule has 2 rings (SSSR count). The van der Waals surface area contributed by atoms with Gasteiger partial charge in [0.2, 0.25) is 5.91 Å². The standard InChI is InChI=1S/C17H22N2O4S2/c1-13-6-4-7-15(12-13)23-10-9-19(3)17(20)14(2)18-25(21,22)16-8-5-11-24-16/h4-8,11-12,14,18H,9-10H2,1-3H3. The summed E-state index contributed by atoms with van der Waals surface area (Å²) >= 11 is 1.11. The molecule has 0 spiro atoms. The van der Waals surface area contributed by atoms with Gasteiger partial charge in [-0.15, -0.1) is 11.3 Å². The fourth-order valence-electron chi connectivity index (χ4n) is 2.20. The molecule has 0 radical (unpaired) electrons. The highest BCUT2D eigenvalue weighted by Crippen LogP contribution is 2.16. The summed E-state index contributed by atoms with van der Waals surface area (Å²) in [6.45, 7) is 4.20. The first-order valence-corrected chi connectivity index (χ1v) is 10.2. The zero-order chi connectivity index (χ0) is 18.4. The van der Waals surface area contributed by atoms with Crippen LogP contribution in [0.1, 0.15) is 12.5 Å². The van der Waals surface area contributed by atoms with Gasteiger partial charge in [0.25, 0.3) is 10.0 Å². The molecular weight excluding hydrogens is 360 g/mol. The minimum Gasteiger partial charge on any atom is -0.492 e. The average molecular weight is 383 g/mol. The van der Waals surface area contributed by atoms with Gasteiger partial charge in [0.15, 0.2) is 0 Å². The number of hydrogen-bond acceptors (Lipinski definition) is 5. The highest BCUT2D eigenvalue weighted by Gasteiger charge is 2.24. The van der Waals surface area contributed by atoms with Gasteiger partial charge >= 0.3 is 0 Å². The number of nitrogens with one attached hydrogen (secondary N) is 1. The molecule has 0 saturated heterocycles. The van der Waals surface area contributed by atoms with E-state index in [0.717, 1.165) is 22.6 Å². The van der Waals surface area contributed by atoms with Crippen LogP contribution in [0.2, 0.25) is 0 Å². The lowest BCUT2D eigenvalue weighted by atomic mass is 10.2. The smallest absolute Gasteiger partial charge is 0.250 e. The van der Waals surface area contributed by atoms with Crippen molar-refractivity contribution in [1.29, 1.82) is 0 Å². The van der Waals surface area contributed by atoms with Gasteiger partial charge in [-0.2, -0.15) is 4.72 Å². The number of nitrogens with zero attached hydrogens (tertiary/aromatic N) is 1. The number of sulfonamides is 1. The van der Waals surface area contributed by atoms with Gasteiger partial charge < -0.3 is 9.64 Å². The molecule has 8 heteroatoms. The van der Waals surface area contributed by atoms with Gasteiger partial charge in [0, 0.05) is 7.05 Å². The molecule has 1 N–H and O–H groups in total. The lowest BCUT2D eigenvalue weighted by Crippen LogP contribution is -2.46. The minimum atomic E-state index is -3.67. The van der Waals surface area contributed by atoms with Gasteiger partial charge in [-0.3, -0.25) is 4.79 Å². The van der Waals surface area contributed by atoms with E-state index in [1.807, 2.05) is 31.2 Å². The zero-order valence-electron chi connectivity index (χ0n) is 14.4. The molecule has 1 amide bonds. The summed E-state index contributed by atoms with van der Waals surface area (Å²) in [5.74, 6) is 0.431. The third kappa shape index (κ3) is 5.55. The number of rotatable bonds is 8. The molecule has 0 fully saturated rings. The first-order chi connectivity index (χ1) is 11.8. The van der Waals surface area contributed by atoms with E-state index in [1.165, 1.54) is 17.9 Å². The van der Waals surface area contributed by atoms with Gasteiger partial charge in [-0.05, 0) is 43.0 Å². The Balaban J connectivity index is 1.84. The molecule has 1 atom stereocenters. The topological polar surface area (TPSA) is 75.7 Å². The lowest BCUT2D eigenvalue weighted by molar-refractivity contribution is -0.131. The van der Waals surface area contributed by atoms with E-state index < -0.39 is 16.1 Å². The van der Waals surface area contributed by atoms with E-state index in [-0.39, 0.29) is 10.1 Å². The number of hydrogen-bond donors (Lipinski definition) is 1. The van der Waals surface area contributed by atoms with Crippen LogP contribution >= 0.6 is 11.3 Å². The van der Waals surface area contributed by atoms with Crippen molar-refractivity contribution in [3.8, 4) is 5.75 Å². The maximum atomic E-state index is 12.3. The van der Waals surface area contributed by atoms with Crippen molar-refractivity contribution in [2.45, 2.75) is 24.1 Å². The van der Waals surface area contributed by atoms with E-state index >= 15 is 0 Å². The molecule has 1 unspecified atom stereocenters. The molecule has 0 aliphatic heterocycles. The van der Waals surface area contributed by atoms with E-state index in [0.29, 0.717) is 13.2 Å². The zero-order valence-corrected chi connectivity index (χ0v) is 16.1. The summed E-state index contributed by atoms with van der Waals surface area (Å²) in [7, 11) is -2.05. The Kier molecular flexibility index (Phi) is 6.57. The summed E-state index contributed by atoms with van der Waals surface area (Å²) in [5.41, 5.74) is 1.10. The number of likely N-dealkylation sites (N-methyl/N-ethyl adjacent to an activating group) is 1. The molecule has 0 saturated carbocycles. The molecule has 6 nitrogen and oxygen atoms in total. The molecule has 0 bridgehead atoms. The van der Waals surface area contributed by atoms with Gasteiger partial charge in [-0.1, -0.05) is 18.2 Å². The molecule has 25 heavy (non-hydrogen) atoms. The minimum absolute atomic E-state index is 0.192. The average Bonchev–Trinajstić information content (AvgIpc) is 3.09. The summed E-state index contributed by atoms with van der Waals surface area (Å²) in [5, 5.41) is 1.68. The van der Waals surface area contributed by atoms with E-state index in [4.69, 9.17) is 4.74 Å². The molecular formula is C17H22N2O4S2. The van der Waals surface area contributed by atoms with Crippen molar-refractivity contribution in [2.75, 3.05) is 20.2 Å². The third-order valence-electron chi connectivity index (χ3n) is 3.52. The number of carbonyl (C=O) groups is 1. The maximum absolute atomic E-state index is 12.3. The molecule has 0 aliphatic carbocycles. The molecule has 1 heterocycles. The Bertz CT molecular complexity index is 804. The number of amides is 1. The Morgan fingerprint density at radius 3 is 2.72 bits per heavy atom. The fourth-order valence-corrected chi connectivity index (χ4v) is 4.41. The van der Waals surface area contributed by atoms with Crippen LogP contribution in [0.5, 0.6) is 5.75 Å². The van der Waals surface area contributed by atoms with Crippen molar-refractivity contribution in [3.05, 3.63) is 47.3 Å². The second kappa shape index (κ2) is 8.46. The van der Waals surface area contributed by atoms with Crippen LogP contribution in [0.4, 0.5) is 0 Å². The van der Waals surface area contributed by atoms with Crippen molar-refractivity contribution in [1.82, 2.24) is 9.62 Å². The first-order valence-electron chi connectivity index (χ1n) is 7.80. The predicted molar refractivity (Wildman–Crippen MR) is 98.4 cm³/mol. The summed E-state index contributed by atoms with van der Waals surface area (Å²) in [6, 6.07) is 9.96. The second-order valence-electron chi connectivity index (χ2n) is 5.70. The van der Waals surface area contributed by atoms with Crippen LogP contribution in [0.15, 0.2) is 46.0 Å². The highest BCUT2D eigenvalue weighted by molar-refractivity contribution is 7.91. The summed E-state index contributed by atoms with van der Waals surface area (Å²) in [6.07, 6.45) is 0. The quantitative estimate of drug-likeness (QED) is 0.760. The molecule has 1 aromatic carbocycles. The number of ether oxygens (including phenoxy) is 1. The lowest BCUT2D eigenvalue weighted by Gasteiger charge is -2.22. The third-order valence-corrected chi connectivity index (χ3v) is 6.46. The number of carbonyl (C=O) groups excluding carboxylic acids is 1. The molecule has 136 valence electrons. The maximum Gasteiger partial charge on any atom is 0.250 e. The molecule has 2 aromatic rings. The molecule has 1 aromatic heterocycles. The highest BCUT2D eigenvalue weighted by atomic mass is 32.2. The second-order valence-corrected chi connectivity index (χ2v) is 8.59. The van der Waals surface area contributed by atoms with Crippen LogP contribution in [0.25, 0.3) is 0 Å². The van der Waals surface area contributed by atoms with Crippen LogP contribution in [0, 0.1) is 6.92 Å². The van der Waals surface area contributed by atoms with Crippen molar-refractivity contribution < 1.29 is 17.9 Å². The van der Waals surface area contributed by atoms with E-state index in [2.05, 4.69) is 4.72 Å². The normalized spacial score (nSPS) is 12.6. The van der Waals surface area contributed by atoms with Crippen LogP contribution < -0.4 is 9.46 Å². The Morgan fingerprint density at radius 2 is 2.08 bits per heavy atom. The Hall–Kier alpha value is -1.90. The predicted octanol–water partition coefficient (Wildman–Crippen LogP) is 2.26. The van der Waals surface area contributed by atoms with Gasteiger partial charge in [0.1, 0.15) is 16.6 Å². The van der Waals surface area contributed by atoms with Gasteiger partial charge in [0.05, 0.1) is 12.6 Å². The van der Waals surface area contributed by atoms with Crippen molar-refractivity contribution in [2.24, 2.45) is 0 Å². The van der Waals surface area contributed by atoms with Crippen molar-refractivity contribution >= 4 is 27.3 Å². The fraction of sp³-hybridized carbons (Fsp3) is 0.353. The molecule has 0 aliphatic rings. The summed E-state index contributed by atoms with van der Waals surface area (Å²) < 4.78 is 32.5. The number of aryl methyl sites for hydroxylation is 1. The van der Waals surface area contributed by atoms with Crippen LogP contribution in [-0.2, 0) is 14.8 Å². The largest absolute Gasteiger partial charge is 0.492 e. The van der Waals surface area contributed by atoms with Crippen molar-refractivity contribution in [3.63, 3.8) is 0 Å². The Labute approximate surface area is 152 Å². The van der Waals surface area contributed by atoms with E-state index in [9.17, 15) is 13.2 Å². The van der Waals surface area contributed by atoms with E-state index in [1.54, 1.807) is 18.5 Å². The van der Waals surface area contributed by atoms with Gasteiger partial charge in [-0.25, -0.2) is 8.42 Å². The first kappa shape index (κ1) is 19.4. The monoisotopic (exact) mass is 382 g/mol. The number of benzene rings is 1. The van der Waals surface area contributed by atoms with Crippen LogP contribution in [-0.4, -0.2) is 45.5 Å². The number of thiophene rings is 1. The van der Waals surface area contributed by atoms with Crippen LogP contribution in [0.3, 0.4) is 0 Å². The Morgan fingerprint density at radius 1 is 1.32 bits per heavy atom. The summed E-state index contributed by atoms with van der Waals surface area (Å²) in [4.78, 5) is 13.8. The SMILES string of the molecule is Cc1cccc(OCCN(C)C(=O)C(C)NS(=O)(=O)c2cccs2)c1.